The number of rotatable bonds is 5. The van der Waals surface area contributed by atoms with Crippen molar-refractivity contribution >= 4 is 17.9 Å². The first kappa shape index (κ1) is 15.3. The zero-order valence-corrected chi connectivity index (χ0v) is 13.0. The number of ether oxygens (including phenoxy) is 3. The van der Waals surface area contributed by atoms with Gasteiger partial charge in [0.1, 0.15) is 6.10 Å². The number of fused-ring (bicyclic) bond motifs is 1. The van der Waals surface area contributed by atoms with E-state index in [1.165, 1.54) is 0 Å². The van der Waals surface area contributed by atoms with E-state index in [4.69, 9.17) is 14.2 Å². The van der Waals surface area contributed by atoms with Gasteiger partial charge < -0.3 is 14.2 Å². The second-order valence-corrected chi connectivity index (χ2v) is 6.43. The maximum atomic E-state index is 12.4. The minimum atomic E-state index is -1.31. The van der Waals surface area contributed by atoms with Crippen LogP contribution in [0.5, 0.6) is 0 Å². The number of carbonyl (C=O) groups is 3. The lowest BCUT2D eigenvalue weighted by molar-refractivity contribution is -0.174. The molecule has 6 heteroatoms. The number of esters is 3. The summed E-state index contributed by atoms with van der Waals surface area (Å²) in [5.74, 6) is -1.16. The zero-order chi connectivity index (χ0) is 15.9. The van der Waals surface area contributed by atoms with Crippen LogP contribution in [-0.4, -0.2) is 37.2 Å². The van der Waals surface area contributed by atoms with Crippen LogP contribution >= 0.6 is 0 Å². The van der Waals surface area contributed by atoms with Crippen molar-refractivity contribution in [2.24, 2.45) is 23.2 Å². The maximum Gasteiger partial charge on any atom is 0.323 e. The summed E-state index contributed by atoms with van der Waals surface area (Å²) in [6.45, 7) is 3.83. The second-order valence-electron chi connectivity index (χ2n) is 6.43. The second kappa shape index (κ2) is 5.56. The lowest BCUT2D eigenvalue weighted by Gasteiger charge is -2.25. The molecule has 2 aliphatic carbocycles. The van der Waals surface area contributed by atoms with E-state index in [2.05, 4.69) is 0 Å². The summed E-state index contributed by atoms with van der Waals surface area (Å²) < 4.78 is 15.7. The van der Waals surface area contributed by atoms with Crippen LogP contribution < -0.4 is 0 Å². The van der Waals surface area contributed by atoms with Gasteiger partial charge in [0.2, 0.25) is 0 Å². The fourth-order valence-electron chi connectivity index (χ4n) is 3.95. The largest absolute Gasteiger partial charge is 0.465 e. The van der Waals surface area contributed by atoms with Crippen molar-refractivity contribution in [3.63, 3.8) is 0 Å². The summed E-state index contributed by atoms with van der Waals surface area (Å²) in [4.78, 5) is 36.9. The van der Waals surface area contributed by atoms with Gasteiger partial charge in [-0.3, -0.25) is 14.4 Å². The first-order chi connectivity index (χ1) is 10.5. The van der Waals surface area contributed by atoms with E-state index in [0.717, 1.165) is 12.8 Å². The predicted octanol–water partition coefficient (Wildman–Crippen LogP) is 1.46. The third-order valence-corrected chi connectivity index (χ3v) is 5.07. The molecule has 1 aliphatic heterocycles. The molecule has 1 saturated heterocycles. The van der Waals surface area contributed by atoms with Crippen LogP contribution in [0.3, 0.4) is 0 Å². The van der Waals surface area contributed by atoms with E-state index in [9.17, 15) is 14.4 Å². The van der Waals surface area contributed by atoms with Gasteiger partial charge >= 0.3 is 17.9 Å². The SMILES string of the molecule is CCOC(=O)C1(C(=O)OCC)CC2OC(=O)C(C3CC3)C2C1. The Hall–Kier alpha value is -1.59. The summed E-state index contributed by atoms with van der Waals surface area (Å²) in [6.07, 6.45) is 2.16. The highest BCUT2D eigenvalue weighted by Gasteiger charge is 2.65. The van der Waals surface area contributed by atoms with Crippen LogP contribution in [0.15, 0.2) is 0 Å². The third kappa shape index (κ3) is 2.29. The predicted molar refractivity (Wildman–Crippen MR) is 74.5 cm³/mol. The van der Waals surface area contributed by atoms with Crippen molar-refractivity contribution in [3.05, 3.63) is 0 Å². The molecule has 2 saturated carbocycles. The van der Waals surface area contributed by atoms with Gasteiger partial charge in [-0.15, -0.1) is 0 Å². The van der Waals surface area contributed by atoms with Crippen LogP contribution in [0, 0.1) is 23.2 Å². The van der Waals surface area contributed by atoms with Crippen LogP contribution in [0.4, 0.5) is 0 Å². The van der Waals surface area contributed by atoms with E-state index in [0.29, 0.717) is 12.3 Å². The number of hydrogen-bond donors (Lipinski definition) is 0. The van der Waals surface area contributed by atoms with Crippen molar-refractivity contribution < 1.29 is 28.6 Å². The average Bonchev–Trinajstić information content (AvgIpc) is 3.15. The van der Waals surface area contributed by atoms with E-state index in [1.807, 2.05) is 0 Å². The van der Waals surface area contributed by atoms with E-state index in [-0.39, 0.29) is 43.5 Å². The van der Waals surface area contributed by atoms with Crippen molar-refractivity contribution in [2.45, 2.75) is 45.6 Å². The zero-order valence-electron chi connectivity index (χ0n) is 13.0. The highest BCUT2D eigenvalue weighted by atomic mass is 16.6. The van der Waals surface area contributed by atoms with Gasteiger partial charge in [-0.05, 0) is 39.0 Å². The van der Waals surface area contributed by atoms with Gasteiger partial charge in [0, 0.05) is 12.3 Å². The summed E-state index contributed by atoms with van der Waals surface area (Å²) in [5, 5.41) is 0. The lowest BCUT2D eigenvalue weighted by Crippen LogP contribution is -2.41. The standard InChI is InChI=1S/C16H22O6/c1-3-20-14(18)16(15(19)21-4-2)7-10-11(8-16)22-13(17)12(10)9-5-6-9/h9-12H,3-8H2,1-2H3. The quantitative estimate of drug-likeness (QED) is 0.434. The summed E-state index contributed by atoms with van der Waals surface area (Å²) >= 11 is 0. The monoisotopic (exact) mass is 310 g/mol. The first-order valence-electron chi connectivity index (χ1n) is 8.08. The fraction of sp³-hybridized carbons (Fsp3) is 0.812. The molecule has 1 heterocycles. The average molecular weight is 310 g/mol. The van der Waals surface area contributed by atoms with Gasteiger partial charge in [-0.1, -0.05) is 0 Å². The van der Waals surface area contributed by atoms with Crippen molar-refractivity contribution in [2.75, 3.05) is 13.2 Å². The van der Waals surface area contributed by atoms with Crippen LogP contribution in [-0.2, 0) is 28.6 Å². The topological polar surface area (TPSA) is 78.9 Å². The molecular formula is C16H22O6. The van der Waals surface area contributed by atoms with Crippen molar-refractivity contribution in [3.8, 4) is 0 Å². The molecule has 0 aromatic heterocycles. The summed E-state index contributed by atoms with van der Waals surface area (Å²) in [6, 6.07) is 0. The van der Waals surface area contributed by atoms with E-state index in [1.54, 1.807) is 13.8 Å². The lowest BCUT2D eigenvalue weighted by atomic mass is 9.81. The molecular weight excluding hydrogens is 288 g/mol. The van der Waals surface area contributed by atoms with Crippen LogP contribution in [0.1, 0.15) is 39.5 Å². The smallest absolute Gasteiger partial charge is 0.323 e. The molecule has 0 amide bonds. The van der Waals surface area contributed by atoms with Gasteiger partial charge in [-0.25, -0.2) is 0 Å². The molecule has 3 unspecified atom stereocenters. The Kier molecular flexibility index (Phi) is 3.87. The van der Waals surface area contributed by atoms with E-state index < -0.39 is 17.4 Å². The summed E-state index contributed by atoms with van der Waals surface area (Å²) in [5.41, 5.74) is -1.31. The van der Waals surface area contributed by atoms with Crippen LogP contribution in [0.25, 0.3) is 0 Å². The van der Waals surface area contributed by atoms with Gasteiger partial charge in [-0.2, -0.15) is 0 Å². The molecule has 3 fully saturated rings. The van der Waals surface area contributed by atoms with Gasteiger partial charge in [0.15, 0.2) is 5.41 Å². The first-order valence-corrected chi connectivity index (χ1v) is 8.08. The Morgan fingerprint density at radius 1 is 1.14 bits per heavy atom. The molecule has 22 heavy (non-hydrogen) atoms. The normalized spacial score (nSPS) is 32.3. The molecule has 3 aliphatic rings. The minimum absolute atomic E-state index is 0.0752. The molecule has 6 nitrogen and oxygen atoms in total. The molecule has 0 bridgehead atoms. The molecule has 122 valence electrons. The Balaban J connectivity index is 1.85. The third-order valence-electron chi connectivity index (χ3n) is 5.07. The highest BCUT2D eigenvalue weighted by molar-refractivity contribution is 6.01. The molecule has 0 radical (unpaired) electrons. The fourth-order valence-corrected chi connectivity index (χ4v) is 3.95. The van der Waals surface area contributed by atoms with E-state index >= 15 is 0 Å². The molecule has 0 aromatic rings. The molecule has 3 rings (SSSR count). The Morgan fingerprint density at radius 2 is 1.73 bits per heavy atom. The van der Waals surface area contributed by atoms with Gasteiger partial charge in [0.25, 0.3) is 0 Å². The molecule has 0 aromatic carbocycles. The molecule has 0 N–H and O–H groups in total. The van der Waals surface area contributed by atoms with Gasteiger partial charge in [0.05, 0.1) is 19.1 Å². The van der Waals surface area contributed by atoms with Crippen molar-refractivity contribution in [1.82, 2.24) is 0 Å². The number of carbonyl (C=O) groups excluding carboxylic acids is 3. The molecule has 3 atom stereocenters. The Labute approximate surface area is 129 Å². The van der Waals surface area contributed by atoms with Crippen molar-refractivity contribution in [1.29, 1.82) is 0 Å². The highest BCUT2D eigenvalue weighted by Crippen LogP contribution is 2.56. The number of hydrogen-bond acceptors (Lipinski definition) is 6. The Morgan fingerprint density at radius 3 is 2.23 bits per heavy atom. The summed E-state index contributed by atoms with van der Waals surface area (Å²) in [7, 11) is 0. The maximum absolute atomic E-state index is 12.4. The Bertz CT molecular complexity index is 477. The van der Waals surface area contributed by atoms with Crippen LogP contribution in [0.2, 0.25) is 0 Å². The molecule has 0 spiro atoms. The minimum Gasteiger partial charge on any atom is -0.465 e.